The number of halogens is 1. The number of nitrogens with zero attached hydrogens (tertiary/aromatic N) is 1. The molecule has 144 valence electrons. The third kappa shape index (κ3) is 4.88. The van der Waals surface area contributed by atoms with E-state index in [4.69, 9.17) is 4.74 Å². The molecular formula is C19H21BrN2O4S. The highest BCUT2D eigenvalue weighted by Gasteiger charge is 2.26. The van der Waals surface area contributed by atoms with Crippen LogP contribution < -0.4 is 10.1 Å². The number of sulfonamides is 1. The molecule has 1 fully saturated rings. The first-order valence-corrected chi connectivity index (χ1v) is 10.9. The Bertz CT molecular complexity index is 923. The average molecular weight is 453 g/mol. The molecule has 1 heterocycles. The molecule has 2 aromatic rings. The fourth-order valence-electron chi connectivity index (χ4n) is 2.84. The van der Waals surface area contributed by atoms with Crippen LogP contribution in [0.1, 0.15) is 18.4 Å². The molecule has 0 radical (unpaired) electrons. The summed E-state index contributed by atoms with van der Waals surface area (Å²) in [6, 6.07) is 11.7. The molecule has 1 amide bonds. The summed E-state index contributed by atoms with van der Waals surface area (Å²) in [6.07, 6.45) is 1.79. The van der Waals surface area contributed by atoms with Crippen LogP contribution in [-0.4, -0.2) is 38.3 Å². The van der Waals surface area contributed by atoms with Crippen molar-refractivity contribution in [2.75, 3.05) is 25.0 Å². The minimum absolute atomic E-state index is 0.130. The SMILES string of the molecule is Cc1cc(OCC(=O)Nc2ccc(S(=O)(=O)N3CCCC3)cc2)ccc1Br. The largest absolute Gasteiger partial charge is 0.484 e. The summed E-state index contributed by atoms with van der Waals surface area (Å²) < 4.78 is 32.9. The standard InChI is InChI=1S/C19H21BrN2O4S/c1-14-12-16(6-9-18(14)20)26-13-19(23)21-15-4-7-17(8-5-15)27(24,25)22-10-2-3-11-22/h4-9,12H,2-3,10-11,13H2,1H3,(H,21,23). The average Bonchev–Trinajstić information content (AvgIpc) is 3.19. The zero-order chi connectivity index (χ0) is 19.4. The van der Waals surface area contributed by atoms with Gasteiger partial charge in [-0.3, -0.25) is 4.79 Å². The van der Waals surface area contributed by atoms with Gasteiger partial charge in [0.1, 0.15) is 5.75 Å². The second-order valence-electron chi connectivity index (χ2n) is 6.38. The molecule has 6 nitrogen and oxygen atoms in total. The highest BCUT2D eigenvalue weighted by atomic mass is 79.9. The molecule has 0 saturated carbocycles. The number of hydrogen-bond acceptors (Lipinski definition) is 4. The second kappa shape index (κ2) is 8.41. The predicted octanol–water partition coefficient (Wildman–Crippen LogP) is 3.56. The number of hydrogen-bond donors (Lipinski definition) is 1. The molecule has 1 N–H and O–H groups in total. The Hall–Kier alpha value is -1.90. The number of nitrogens with one attached hydrogen (secondary N) is 1. The summed E-state index contributed by atoms with van der Waals surface area (Å²) in [6.45, 7) is 2.94. The van der Waals surface area contributed by atoms with Gasteiger partial charge in [-0.15, -0.1) is 0 Å². The number of benzene rings is 2. The van der Waals surface area contributed by atoms with Gasteiger partial charge in [0.05, 0.1) is 4.90 Å². The molecule has 2 aromatic carbocycles. The second-order valence-corrected chi connectivity index (χ2v) is 9.18. The fraction of sp³-hybridized carbons (Fsp3) is 0.316. The van der Waals surface area contributed by atoms with E-state index in [1.807, 2.05) is 19.1 Å². The summed E-state index contributed by atoms with van der Waals surface area (Å²) in [4.78, 5) is 12.3. The van der Waals surface area contributed by atoms with Crippen molar-refractivity contribution in [1.29, 1.82) is 0 Å². The van der Waals surface area contributed by atoms with Gasteiger partial charge in [-0.25, -0.2) is 8.42 Å². The van der Waals surface area contributed by atoms with Gasteiger partial charge >= 0.3 is 0 Å². The molecule has 0 aromatic heterocycles. The van der Waals surface area contributed by atoms with E-state index in [1.165, 1.54) is 16.4 Å². The van der Waals surface area contributed by atoms with Gasteiger partial charge in [-0.2, -0.15) is 4.31 Å². The van der Waals surface area contributed by atoms with E-state index in [2.05, 4.69) is 21.2 Å². The van der Waals surface area contributed by atoms with Gasteiger partial charge in [0, 0.05) is 23.2 Å². The summed E-state index contributed by atoms with van der Waals surface area (Å²) in [7, 11) is -3.45. The number of amides is 1. The maximum atomic E-state index is 12.5. The van der Waals surface area contributed by atoms with Gasteiger partial charge in [0.25, 0.3) is 5.91 Å². The number of aryl methyl sites for hydroxylation is 1. The number of anilines is 1. The van der Waals surface area contributed by atoms with Crippen LogP contribution in [0.5, 0.6) is 5.75 Å². The summed E-state index contributed by atoms with van der Waals surface area (Å²) in [5.74, 6) is 0.295. The Morgan fingerprint density at radius 2 is 1.81 bits per heavy atom. The minimum atomic E-state index is -3.45. The highest BCUT2D eigenvalue weighted by molar-refractivity contribution is 9.10. The molecule has 0 atom stereocenters. The van der Waals surface area contributed by atoms with Crippen molar-refractivity contribution >= 4 is 37.5 Å². The van der Waals surface area contributed by atoms with Crippen molar-refractivity contribution in [3.05, 3.63) is 52.5 Å². The van der Waals surface area contributed by atoms with Crippen molar-refractivity contribution < 1.29 is 17.9 Å². The monoisotopic (exact) mass is 452 g/mol. The molecular weight excluding hydrogens is 432 g/mol. The Morgan fingerprint density at radius 1 is 1.15 bits per heavy atom. The maximum absolute atomic E-state index is 12.5. The van der Waals surface area contributed by atoms with Crippen LogP contribution in [0.2, 0.25) is 0 Å². The van der Waals surface area contributed by atoms with Gasteiger partial charge in [0.2, 0.25) is 10.0 Å². The van der Waals surface area contributed by atoms with Gasteiger partial charge in [0.15, 0.2) is 6.61 Å². The maximum Gasteiger partial charge on any atom is 0.262 e. The van der Waals surface area contributed by atoms with E-state index in [9.17, 15) is 13.2 Å². The Balaban J connectivity index is 1.57. The normalized spacial score (nSPS) is 14.9. The van der Waals surface area contributed by atoms with Crippen LogP contribution in [0.25, 0.3) is 0 Å². The van der Waals surface area contributed by atoms with Crippen molar-refractivity contribution in [2.24, 2.45) is 0 Å². The van der Waals surface area contributed by atoms with E-state index in [0.29, 0.717) is 24.5 Å². The molecule has 1 saturated heterocycles. The Kier molecular flexibility index (Phi) is 6.18. The van der Waals surface area contributed by atoms with Crippen LogP contribution >= 0.6 is 15.9 Å². The van der Waals surface area contributed by atoms with Gasteiger partial charge in [-0.05, 0) is 67.8 Å². The molecule has 3 rings (SSSR count). The van der Waals surface area contributed by atoms with Crippen LogP contribution in [0.15, 0.2) is 51.8 Å². The van der Waals surface area contributed by atoms with Gasteiger partial charge in [-0.1, -0.05) is 15.9 Å². The molecule has 8 heteroatoms. The molecule has 0 unspecified atom stereocenters. The fourth-order valence-corrected chi connectivity index (χ4v) is 4.60. The van der Waals surface area contributed by atoms with Crippen LogP contribution in [0.4, 0.5) is 5.69 Å². The lowest BCUT2D eigenvalue weighted by atomic mass is 10.2. The summed E-state index contributed by atoms with van der Waals surface area (Å²) in [5, 5.41) is 2.70. The molecule has 1 aliphatic rings. The Labute approximate surface area is 167 Å². The number of rotatable bonds is 6. The minimum Gasteiger partial charge on any atom is -0.484 e. The predicted molar refractivity (Wildman–Crippen MR) is 107 cm³/mol. The van der Waals surface area contributed by atoms with Crippen molar-refractivity contribution in [1.82, 2.24) is 4.31 Å². The lowest BCUT2D eigenvalue weighted by molar-refractivity contribution is -0.118. The number of ether oxygens (including phenoxy) is 1. The number of carbonyl (C=O) groups is 1. The van der Waals surface area contributed by atoms with E-state index in [0.717, 1.165) is 22.9 Å². The van der Waals surface area contributed by atoms with E-state index >= 15 is 0 Å². The topological polar surface area (TPSA) is 75.7 Å². The quantitative estimate of drug-likeness (QED) is 0.726. The first-order chi connectivity index (χ1) is 12.9. The first-order valence-electron chi connectivity index (χ1n) is 8.65. The van der Waals surface area contributed by atoms with Crippen molar-refractivity contribution in [3.8, 4) is 5.75 Å². The number of carbonyl (C=O) groups excluding carboxylic acids is 1. The van der Waals surface area contributed by atoms with Crippen molar-refractivity contribution in [3.63, 3.8) is 0 Å². The van der Waals surface area contributed by atoms with Gasteiger partial charge < -0.3 is 10.1 Å². The molecule has 27 heavy (non-hydrogen) atoms. The first kappa shape index (κ1) is 19.9. The summed E-state index contributed by atoms with van der Waals surface area (Å²) in [5.41, 5.74) is 1.54. The molecule has 0 aliphatic carbocycles. The van der Waals surface area contributed by atoms with Crippen LogP contribution in [-0.2, 0) is 14.8 Å². The smallest absolute Gasteiger partial charge is 0.262 e. The summed E-state index contributed by atoms with van der Waals surface area (Å²) >= 11 is 3.41. The molecule has 0 bridgehead atoms. The Morgan fingerprint density at radius 3 is 2.44 bits per heavy atom. The lowest BCUT2D eigenvalue weighted by Crippen LogP contribution is -2.27. The van der Waals surface area contributed by atoms with E-state index in [-0.39, 0.29) is 17.4 Å². The zero-order valence-corrected chi connectivity index (χ0v) is 17.3. The van der Waals surface area contributed by atoms with E-state index < -0.39 is 10.0 Å². The van der Waals surface area contributed by atoms with Crippen molar-refractivity contribution in [2.45, 2.75) is 24.7 Å². The van der Waals surface area contributed by atoms with E-state index in [1.54, 1.807) is 18.2 Å². The highest BCUT2D eigenvalue weighted by Crippen LogP contribution is 2.23. The van der Waals surface area contributed by atoms with Crippen LogP contribution in [0, 0.1) is 6.92 Å². The lowest BCUT2D eigenvalue weighted by Gasteiger charge is -2.15. The third-order valence-corrected chi connectivity index (χ3v) is 7.14. The zero-order valence-electron chi connectivity index (χ0n) is 14.9. The van der Waals surface area contributed by atoms with Crippen LogP contribution in [0.3, 0.4) is 0 Å². The molecule has 0 spiro atoms. The molecule has 1 aliphatic heterocycles. The third-order valence-electron chi connectivity index (χ3n) is 4.34.